The second-order valence-corrected chi connectivity index (χ2v) is 7.36. The summed E-state index contributed by atoms with van der Waals surface area (Å²) in [6.45, 7) is 0.359. The topological polar surface area (TPSA) is 81.8 Å². The minimum Gasteiger partial charge on any atom is -0.346 e. The van der Waals surface area contributed by atoms with Crippen molar-refractivity contribution in [1.29, 1.82) is 0 Å². The van der Waals surface area contributed by atoms with Crippen molar-refractivity contribution >= 4 is 28.7 Å². The number of thioether (sulfide) groups is 1. The molecule has 0 saturated heterocycles. The van der Waals surface area contributed by atoms with E-state index in [1.54, 1.807) is 18.8 Å². The Balaban J connectivity index is 1.70. The number of para-hydroxylation sites is 1. The lowest BCUT2D eigenvalue weighted by molar-refractivity contribution is 0.0947. The Bertz CT molecular complexity index is 1230. The molecule has 1 N–H and O–H groups in total. The summed E-state index contributed by atoms with van der Waals surface area (Å²) < 4.78 is 2.85. The molecular formula is C21H19N5O2S. The molecule has 0 aliphatic rings. The minimum atomic E-state index is -0.376. The standard InChI is InChI=1S/C21H19N5O2S/c1-25-13-23-17-18(20(27)22-12-14-8-10-16(29-2)11-9-14)24-26(19(17)21(25)28)15-6-4-3-5-7-15/h3-11,13H,12H2,1-2H3,(H,22,27). The van der Waals surface area contributed by atoms with Gasteiger partial charge in [0.2, 0.25) is 0 Å². The summed E-state index contributed by atoms with van der Waals surface area (Å²) in [5.74, 6) is -0.376. The molecule has 0 spiro atoms. The molecule has 7 nitrogen and oxygen atoms in total. The molecule has 4 rings (SSSR count). The molecule has 29 heavy (non-hydrogen) atoms. The molecule has 0 fully saturated rings. The van der Waals surface area contributed by atoms with Gasteiger partial charge in [-0.25, -0.2) is 9.67 Å². The van der Waals surface area contributed by atoms with Gasteiger partial charge in [0, 0.05) is 18.5 Å². The van der Waals surface area contributed by atoms with E-state index in [2.05, 4.69) is 15.4 Å². The van der Waals surface area contributed by atoms with Crippen LogP contribution in [0.15, 0.2) is 70.6 Å². The first-order valence-corrected chi connectivity index (χ1v) is 10.2. The average molecular weight is 405 g/mol. The monoisotopic (exact) mass is 405 g/mol. The number of hydrogen-bond acceptors (Lipinski definition) is 5. The van der Waals surface area contributed by atoms with E-state index in [1.165, 1.54) is 15.6 Å². The molecule has 2 heterocycles. The molecule has 0 saturated carbocycles. The van der Waals surface area contributed by atoms with E-state index in [4.69, 9.17) is 0 Å². The van der Waals surface area contributed by atoms with Crippen molar-refractivity contribution in [3.05, 3.63) is 82.5 Å². The van der Waals surface area contributed by atoms with E-state index in [0.29, 0.717) is 12.2 Å². The molecule has 0 radical (unpaired) electrons. The maximum absolute atomic E-state index is 12.9. The van der Waals surface area contributed by atoms with Crippen molar-refractivity contribution in [3.63, 3.8) is 0 Å². The number of aromatic nitrogens is 4. The molecule has 8 heteroatoms. The second kappa shape index (κ2) is 7.92. The van der Waals surface area contributed by atoms with E-state index in [1.807, 2.05) is 60.9 Å². The van der Waals surface area contributed by atoms with Gasteiger partial charge in [0.15, 0.2) is 11.2 Å². The lowest BCUT2D eigenvalue weighted by Crippen LogP contribution is -2.24. The van der Waals surface area contributed by atoms with Crippen LogP contribution in [0.3, 0.4) is 0 Å². The Morgan fingerprint density at radius 2 is 1.83 bits per heavy atom. The number of nitrogens with zero attached hydrogens (tertiary/aromatic N) is 4. The van der Waals surface area contributed by atoms with E-state index in [9.17, 15) is 9.59 Å². The summed E-state index contributed by atoms with van der Waals surface area (Å²) in [5, 5.41) is 7.30. The largest absolute Gasteiger partial charge is 0.346 e. The number of aryl methyl sites for hydroxylation is 1. The lowest BCUT2D eigenvalue weighted by Gasteiger charge is -2.05. The predicted octanol–water partition coefficient (Wildman–Crippen LogP) is 2.77. The van der Waals surface area contributed by atoms with Gasteiger partial charge in [0.05, 0.1) is 12.0 Å². The first-order chi connectivity index (χ1) is 14.1. The Morgan fingerprint density at radius 3 is 2.52 bits per heavy atom. The van der Waals surface area contributed by atoms with Crippen molar-refractivity contribution in [1.82, 2.24) is 24.6 Å². The Hall–Kier alpha value is -3.39. The van der Waals surface area contributed by atoms with Gasteiger partial charge in [-0.15, -0.1) is 11.8 Å². The van der Waals surface area contributed by atoms with Crippen LogP contribution in [-0.2, 0) is 13.6 Å². The predicted molar refractivity (Wildman–Crippen MR) is 113 cm³/mol. The molecule has 0 bridgehead atoms. The van der Waals surface area contributed by atoms with Crippen LogP contribution in [0.1, 0.15) is 16.1 Å². The molecule has 0 aliphatic heterocycles. The SMILES string of the molecule is CSc1ccc(CNC(=O)c2nn(-c3ccccc3)c3c(=O)n(C)cnc23)cc1. The number of amides is 1. The van der Waals surface area contributed by atoms with E-state index < -0.39 is 0 Å². The van der Waals surface area contributed by atoms with Crippen LogP contribution in [0.4, 0.5) is 0 Å². The zero-order chi connectivity index (χ0) is 20.4. The Labute approximate surface area is 171 Å². The van der Waals surface area contributed by atoms with Crippen LogP contribution in [0.5, 0.6) is 0 Å². The minimum absolute atomic E-state index is 0.127. The number of fused-ring (bicyclic) bond motifs is 1. The molecule has 0 aliphatic carbocycles. The Kier molecular flexibility index (Phi) is 5.18. The van der Waals surface area contributed by atoms with Crippen molar-refractivity contribution in [2.75, 3.05) is 6.26 Å². The number of rotatable bonds is 5. The highest BCUT2D eigenvalue weighted by molar-refractivity contribution is 7.98. The summed E-state index contributed by atoms with van der Waals surface area (Å²) in [7, 11) is 1.62. The highest BCUT2D eigenvalue weighted by atomic mass is 32.2. The quantitative estimate of drug-likeness (QED) is 0.517. The maximum Gasteiger partial charge on any atom is 0.279 e. The number of carbonyl (C=O) groups excluding carboxylic acids is 1. The first kappa shape index (κ1) is 18.9. The fourth-order valence-electron chi connectivity index (χ4n) is 3.01. The van der Waals surface area contributed by atoms with Gasteiger partial charge in [-0.3, -0.25) is 9.59 Å². The molecule has 1 amide bonds. The molecule has 4 aromatic rings. The van der Waals surface area contributed by atoms with E-state index >= 15 is 0 Å². The zero-order valence-electron chi connectivity index (χ0n) is 16.0. The smallest absolute Gasteiger partial charge is 0.279 e. The average Bonchev–Trinajstić information content (AvgIpc) is 3.16. The van der Waals surface area contributed by atoms with Gasteiger partial charge in [-0.2, -0.15) is 5.10 Å². The second-order valence-electron chi connectivity index (χ2n) is 6.48. The first-order valence-electron chi connectivity index (χ1n) is 8.99. The van der Waals surface area contributed by atoms with Crippen LogP contribution < -0.4 is 10.9 Å². The highest BCUT2D eigenvalue weighted by Crippen LogP contribution is 2.18. The number of hydrogen-bond donors (Lipinski definition) is 1. The maximum atomic E-state index is 12.9. The Morgan fingerprint density at radius 1 is 1.10 bits per heavy atom. The molecule has 0 atom stereocenters. The van der Waals surface area contributed by atoms with Gasteiger partial charge < -0.3 is 9.88 Å². The summed E-state index contributed by atoms with van der Waals surface area (Å²) >= 11 is 1.66. The number of carbonyl (C=O) groups is 1. The van der Waals surface area contributed by atoms with Gasteiger partial charge in [-0.1, -0.05) is 30.3 Å². The summed E-state index contributed by atoms with van der Waals surface area (Å²) in [6, 6.07) is 17.2. The van der Waals surface area contributed by atoms with Crippen molar-refractivity contribution < 1.29 is 4.79 Å². The summed E-state index contributed by atoms with van der Waals surface area (Å²) in [6.07, 6.45) is 3.42. The lowest BCUT2D eigenvalue weighted by atomic mass is 10.2. The normalized spacial score (nSPS) is 11.0. The fraction of sp³-hybridized carbons (Fsp3) is 0.143. The summed E-state index contributed by atoms with van der Waals surface area (Å²) in [4.78, 5) is 31.0. The van der Waals surface area contributed by atoms with E-state index in [-0.39, 0.29) is 28.2 Å². The summed E-state index contributed by atoms with van der Waals surface area (Å²) in [5.41, 5.74) is 2.09. The van der Waals surface area contributed by atoms with Crippen molar-refractivity contribution in [3.8, 4) is 5.69 Å². The van der Waals surface area contributed by atoms with Gasteiger partial charge in [-0.05, 0) is 36.1 Å². The van der Waals surface area contributed by atoms with Crippen LogP contribution in [0, 0.1) is 0 Å². The molecule has 2 aromatic carbocycles. The fourth-order valence-corrected chi connectivity index (χ4v) is 3.41. The van der Waals surface area contributed by atoms with Crippen LogP contribution in [0.25, 0.3) is 16.7 Å². The third-order valence-corrected chi connectivity index (χ3v) is 5.31. The third kappa shape index (κ3) is 3.66. The number of benzene rings is 2. The van der Waals surface area contributed by atoms with Crippen LogP contribution in [-0.4, -0.2) is 31.5 Å². The third-order valence-electron chi connectivity index (χ3n) is 4.57. The molecule has 2 aromatic heterocycles. The number of nitrogens with one attached hydrogen (secondary N) is 1. The van der Waals surface area contributed by atoms with Gasteiger partial charge >= 0.3 is 0 Å². The van der Waals surface area contributed by atoms with Crippen molar-refractivity contribution in [2.24, 2.45) is 7.05 Å². The molecular weight excluding hydrogens is 386 g/mol. The van der Waals surface area contributed by atoms with Gasteiger partial charge in [0.1, 0.15) is 5.52 Å². The van der Waals surface area contributed by atoms with Crippen LogP contribution >= 0.6 is 11.8 Å². The van der Waals surface area contributed by atoms with Gasteiger partial charge in [0.25, 0.3) is 11.5 Å². The molecule has 0 unspecified atom stereocenters. The highest BCUT2D eigenvalue weighted by Gasteiger charge is 2.22. The van der Waals surface area contributed by atoms with E-state index in [0.717, 1.165) is 10.5 Å². The van der Waals surface area contributed by atoms with Crippen LogP contribution in [0.2, 0.25) is 0 Å². The van der Waals surface area contributed by atoms with Crippen molar-refractivity contribution in [2.45, 2.75) is 11.4 Å². The zero-order valence-corrected chi connectivity index (χ0v) is 16.8. The molecule has 146 valence electrons.